The number of fused-ring (bicyclic) bond motifs is 1. The molecule has 0 aromatic heterocycles. The molecule has 0 aliphatic carbocycles. The fraction of sp³-hybridized carbons (Fsp3) is 0.200. The molecule has 1 saturated heterocycles. The third-order valence-electron chi connectivity index (χ3n) is 4.45. The van der Waals surface area contributed by atoms with Gasteiger partial charge >= 0.3 is 0 Å². The van der Waals surface area contributed by atoms with Crippen LogP contribution in [0.2, 0.25) is 5.02 Å². The fourth-order valence-corrected chi connectivity index (χ4v) is 4.14. The maximum absolute atomic E-state index is 13.2. The summed E-state index contributed by atoms with van der Waals surface area (Å²) in [6.45, 7) is 0.732. The van der Waals surface area contributed by atoms with Crippen molar-refractivity contribution in [1.82, 2.24) is 4.90 Å². The minimum absolute atomic E-state index is 0.0130. The first-order chi connectivity index (χ1) is 13.0. The molecule has 2 heterocycles. The number of aryl methyl sites for hydroxylation is 1. The van der Waals surface area contributed by atoms with Gasteiger partial charge in [0.05, 0.1) is 18.1 Å². The van der Waals surface area contributed by atoms with Crippen LogP contribution in [0, 0.1) is 5.82 Å². The van der Waals surface area contributed by atoms with Crippen molar-refractivity contribution in [3.8, 4) is 5.75 Å². The van der Waals surface area contributed by atoms with Crippen molar-refractivity contribution in [1.29, 1.82) is 0 Å². The van der Waals surface area contributed by atoms with Crippen molar-refractivity contribution < 1.29 is 18.7 Å². The van der Waals surface area contributed by atoms with Gasteiger partial charge in [-0.15, -0.1) is 0 Å². The van der Waals surface area contributed by atoms with Gasteiger partial charge in [0.15, 0.2) is 0 Å². The lowest BCUT2D eigenvalue weighted by Gasteiger charge is -2.17. The first-order valence-electron chi connectivity index (χ1n) is 8.46. The molecule has 0 spiro atoms. The van der Waals surface area contributed by atoms with Gasteiger partial charge in [0.1, 0.15) is 11.6 Å². The summed E-state index contributed by atoms with van der Waals surface area (Å²) in [5.41, 5.74) is 2.48. The predicted octanol–water partition coefficient (Wildman–Crippen LogP) is 5.04. The van der Waals surface area contributed by atoms with Gasteiger partial charge in [0, 0.05) is 5.02 Å². The third-order valence-corrected chi connectivity index (χ3v) is 5.71. The number of carbonyl (C=O) groups excluding carboxylic acids is 2. The van der Waals surface area contributed by atoms with E-state index in [0.29, 0.717) is 10.5 Å². The van der Waals surface area contributed by atoms with Crippen LogP contribution in [0.15, 0.2) is 41.3 Å². The third kappa shape index (κ3) is 3.73. The van der Waals surface area contributed by atoms with Crippen LogP contribution in [0.25, 0.3) is 6.08 Å². The van der Waals surface area contributed by atoms with Crippen molar-refractivity contribution in [2.45, 2.75) is 19.4 Å². The highest BCUT2D eigenvalue weighted by molar-refractivity contribution is 8.18. The Labute approximate surface area is 164 Å². The summed E-state index contributed by atoms with van der Waals surface area (Å²) in [5.74, 6) is 0.0333. The average Bonchev–Trinajstić information content (AvgIpc) is 2.91. The second-order valence-electron chi connectivity index (χ2n) is 6.32. The van der Waals surface area contributed by atoms with Crippen LogP contribution >= 0.6 is 23.4 Å². The number of hydrogen-bond acceptors (Lipinski definition) is 4. The molecule has 2 aliphatic heterocycles. The largest absolute Gasteiger partial charge is 0.493 e. The molecular weight excluding hydrogens is 389 g/mol. The molecule has 0 bridgehead atoms. The van der Waals surface area contributed by atoms with Gasteiger partial charge in [-0.1, -0.05) is 23.7 Å². The predicted molar refractivity (Wildman–Crippen MR) is 103 cm³/mol. The number of imide groups is 1. The molecular formula is C20H15ClFNO3S. The van der Waals surface area contributed by atoms with Crippen molar-refractivity contribution in [3.63, 3.8) is 0 Å². The standard InChI is InChI=1S/C20H15ClFNO3S/c21-16-10-15(22)5-4-14(16)11-23-19(24)18(27-20(23)25)9-12-3-6-17-13(8-12)2-1-7-26-17/h3-6,8-10H,1-2,7,11H2. The minimum atomic E-state index is -0.464. The van der Waals surface area contributed by atoms with Crippen molar-refractivity contribution in [3.05, 3.63) is 68.8 Å². The van der Waals surface area contributed by atoms with E-state index in [2.05, 4.69) is 0 Å². The number of amides is 2. The SMILES string of the molecule is O=C1SC(=Cc2ccc3c(c2)CCCO3)C(=O)N1Cc1ccc(F)cc1Cl. The molecule has 27 heavy (non-hydrogen) atoms. The summed E-state index contributed by atoms with van der Waals surface area (Å²) in [4.78, 5) is 26.4. The molecule has 7 heteroatoms. The molecule has 4 rings (SSSR count). The van der Waals surface area contributed by atoms with Gasteiger partial charge in [-0.05, 0) is 71.6 Å². The summed E-state index contributed by atoms with van der Waals surface area (Å²) in [7, 11) is 0. The number of thioether (sulfide) groups is 1. The summed E-state index contributed by atoms with van der Waals surface area (Å²) in [6.07, 6.45) is 3.61. The Morgan fingerprint density at radius 2 is 2.07 bits per heavy atom. The minimum Gasteiger partial charge on any atom is -0.493 e. The van der Waals surface area contributed by atoms with E-state index in [1.807, 2.05) is 18.2 Å². The van der Waals surface area contributed by atoms with E-state index in [-0.39, 0.29) is 22.7 Å². The summed E-state index contributed by atoms with van der Waals surface area (Å²) >= 11 is 6.91. The average molecular weight is 404 g/mol. The lowest BCUT2D eigenvalue weighted by atomic mass is 10.0. The Morgan fingerprint density at radius 1 is 1.22 bits per heavy atom. The zero-order valence-electron chi connectivity index (χ0n) is 14.2. The maximum Gasteiger partial charge on any atom is 0.293 e. The lowest BCUT2D eigenvalue weighted by molar-refractivity contribution is -0.123. The topological polar surface area (TPSA) is 46.6 Å². The van der Waals surface area contributed by atoms with Crippen LogP contribution in [0.3, 0.4) is 0 Å². The molecule has 2 aromatic carbocycles. The monoisotopic (exact) mass is 403 g/mol. The number of carbonyl (C=O) groups is 2. The Hall–Kier alpha value is -2.31. The molecule has 2 aromatic rings. The first kappa shape index (κ1) is 18.1. The van der Waals surface area contributed by atoms with Crippen molar-refractivity contribution in [2.24, 2.45) is 0 Å². The van der Waals surface area contributed by atoms with Gasteiger partial charge in [0.25, 0.3) is 11.1 Å². The van der Waals surface area contributed by atoms with E-state index in [9.17, 15) is 14.0 Å². The summed E-state index contributed by atoms with van der Waals surface area (Å²) in [6, 6.07) is 9.65. The van der Waals surface area contributed by atoms with Gasteiger partial charge in [-0.25, -0.2) is 4.39 Å². The Bertz CT molecular complexity index is 976. The van der Waals surface area contributed by atoms with E-state index in [1.54, 1.807) is 6.08 Å². The van der Waals surface area contributed by atoms with Crippen LogP contribution in [-0.2, 0) is 17.8 Å². The van der Waals surface area contributed by atoms with Crippen molar-refractivity contribution in [2.75, 3.05) is 6.61 Å². The van der Waals surface area contributed by atoms with Gasteiger partial charge < -0.3 is 4.74 Å². The summed E-state index contributed by atoms with van der Waals surface area (Å²) in [5, 5.41) is -0.180. The molecule has 0 unspecified atom stereocenters. The molecule has 0 atom stereocenters. The highest BCUT2D eigenvalue weighted by Gasteiger charge is 2.35. The Balaban J connectivity index is 1.56. The van der Waals surface area contributed by atoms with E-state index in [1.165, 1.54) is 18.2 Å². The number of halogens is 2. The number of benzene rings is 2. The van der Waals surface area contributed by atoms with Crippen LogP contribution in [0.5, 0.6) is 5.75 Å². The second-order valence-corrected chi connectivity index (χ2v) is 7.72. The van der Waals surface area contributed by atoms with Gasteiger partial charge in [0.2, 0.25) is 0 Å². The number of nitrogens with zero attached hydrogens (tertiary/aromatic N) is 1. The molecule has 0 N–H and O–H groups in total. The van der Waals surface area contributed by atoms with Crippen LogP contribution in [0.4, 0.5) is 9.18 Å². The Kier molecular flexibility index (Phi) is 4.93. The van der Waals surface area contributed by atoms with Gasteiger partial charge in [-0.3, -0.25) is 14.5 Å². The summed E-state index contributed by atoms with van der Waals surface area (Å²) < 4.78 is 18.8. The number of hydrogen-bond donors (Lipinski definition) is 0. The highest BCUT2D eigenvalue weighted by atomic mass is 35.5. The second kappa shape index (κ2) is 7.37. The van der Waals surface area contributed by atoms with E-state index < -0.39 is 5.82 Å². The zero-order valence-corrected chi connectivity index (χ0v) is 15.8. The fourth-order valence-electron chi connectivity index (χ4n) is 3.08. The van der Waals surface area contributed by atoms with Crippen molar-refractivity contribution >= 4 is 40.6 Å². The molecule has 0 saturated carbocycles. The number of rotatable bonds is 3. The highest BCUT2D eigenvalue weighted by Crippen LogP contribution is 2.35. The Morgan fingerprint density at radius 3 is 2.89 bits per heavy atom. The maximum atomic E-state index is 13.2. The van der Waals surface area contributed by atoms with Crippen LogP contribution in [0.1, 0.15) is 23.1 Å². The first-order valence-corrected chi connectivity index (χ1v) is 9.66. The van der Waals surface area contributed by atoms with Crippen LogP contribution in [-0.4, -0.2) is 22.7 Å². The number of ether oxygens (including phenoxy) is 1. The normalized spacial score (nSPS) is 18.0. The van der Waals surface area contributed by atoms with Gasteiger partial charge in [-0.2, -0.15) is 0 Å². The quantitative estimate of drug-likeness (QED) is 0.673. The van der Waals surface area contributed by atoms with Crippen LogP contribution < -0.4 is 4.74 Å². The molecule has 4 nitrogen and oxygen atoms in total. The van der Waals surface area contributed by atoms with E-state index in [4.69, 9.17) is 16.3 Å². The molecule has 0 radical (unpaired) electrons. The molecule has 2 aliphatic rings. The smallest absolute Gasteiger partial charge is 0.293 e. The molecule has 138 valence electrons. The lowest BCUT2D eigenvalue weighted by Crippen LogP contribution is -2.27. The van der Waals surface area contributed by atoms with E-state index >= 15 is 0 Å². The molecule has 1 fully saturated rings. The zero-order chi connectivity index (χ0) is 19.0. The van der Waals surface area contributed by atoms with E-state index in [0.717, 1.165) is 53.0 Å². The molecule has 2 amide bonds.